The van der Waals surface area contributed by atoms with Crippen LogP contribution < -0.4 is 5.32 Å². The summed E-state index contributed by atoms with van der Waals surface area (Å²) < 4.78 is 0. The van der Waals surface area contributed by atoms with Gasteiger partial charge in [0.25, 0.3) is 0 Å². The summed E-state index contributed by atoms with van der Waals surface area (Å²) in [5.74, 6) is 1.90. The lowest BCUT2D eigenvalue weighted by atomic mass is 9.75. The largest absolute Gasteiger partial charge is 0.314 e. The average Bonchev–Trinajstić information content (AvgIpc) is 2.97. The maximum Gasteiger partial charge on any atom is 0.00984 e. The normalized spacial score (nSPS) is 25.4. The molecule has 0 amide bonds. The first-order valence-corrected chi connectivity index (χ1v) is 9.02. The zero-order valence-corrected chi connectivity index (χ0v) is 13.3. The van der Waals surface area contributed by atoms with E-state index in [0.717, 1.165) is 24.4 Å². The Morgan fingerprint density at radius 2 is 2.26 bits per heavy atom. The van der Waals surface area contributed by atoms with Crippen LogP contribution in [0.15, 0.2) is 16.8 Å². The monoisotopic (exact) mass is 279 g/mol. The fraction of sp³-hybridized carbons (Fsp3) is 0.765. The van der Waals surface area contributed by atoms with Crippen molar-refractivity contribution < 1.29 is 0 Å². The Bertz CT molecular complexity index is 333. The highest BCUT2D eigenvalue weighted by Gasteiger charge is 2.26. The van der Waals surface area contributed by atoms with Gasteiger partial charge in [0, 0.05) is 6.04 Å². The molecule has 3 atom stereocenters. The molecule has 1 aliphatic carbocycles. The highest BCUT2D eigenvalue weighted by atomic mass is 32.1. The third kappa shape index (κ3) is 4.61. The van der Waals surface area contributed by atoms with Crippen LogP contribution in [0.2, 0.25) is 0 Å². The lowest BCUT2D eigenvalue weighted by Gasteiger charge is -2.35. The van der Waals surface area contributed by atoms with Gasteiger partial charge in [-0.05, 0) is 66.5 Å². The van der Waals surface area contributed by atoms with Crippen LogP contribution in [-0.2, 0) is 6.42 Å². The van der Waals surface area contributed by atoms with Gasteiger partial charge in [0.2, 0.25) is 0 Å². The summed E-state index contributed by atoms with van der Waals surface area (Å²) in [6.07, 6.45) is 9.75. The number of hydrogen-bond acceptors (Lipinski definition) is 2. The first-order valence-electron chi connectivity index (χ1n) is 8.07. The zero-order chi connectivity index (χ0) is 13.5. The Balaban J connectivity index is 1.87. The molecule has 1 heterocycles. The molecule has 2 heteroatoms. The first-order chi connectivity index (χ1) is 9.33. The number of aryl methyl sites for hydroxylation is 1. The molecule has 0 radical (unpaired) electrons. The SMILES string of the molecule is CCNC(CCc1ccsc1)C1CCCC(CC)C1. The standard InChI is InChI=1S/C17H29NS/c1-3-14-6-5-7-16(12-14)17(18-4-2)9-8-15-10-11-19-13-15/h10-11,13-14,16-18H,3-9,12H2,1-2H3. The molecule has 0 aromatic carbocycles. The van der Waals surface area contributed by atoms with Crippen molar-refractivity contribution in [1.29, 1.82) is 0 Å². The highest BCUT2D eigenvalue weighted by Crippen LogP contribution is 2.34. The van der Waals surface area contributed by atoms with Crippen molar-refractivity contribution in [2.24, 2.45) is 11.8 Å². The number of rotatable bonds is 7. The molecular formula is C17H29NS. The molecule has 1 nitrogen and oxygen atoms in total. The third-order valence-corrected chi connectivity index (χ3v) is 5.49. The maximum absolute atomic E-state index is 3.76. The molecule has 3 unspecified atom stereocenters. The summed E-state index contributed by atoms with van der Waals surface area (Å²) in [6, 6.07) is 3.02. The van der Waals surface area contributed by atoms with Crippen molar-refractivity contribution in [3.05, 3.63) is 22.4 Å². The first kappa shape index (κ1) is 15.1. The van der Waals surface area contributed by atoms with Gasteiger partial charge in [0.15, 0.2) is 0 Å². The molecule has 1 fully saturated rings. The average molecular weight is 279 g/mol. The van der Waals surface area contributed by atoms with Gasteiger partial charge < -0.3 is 5.32 Å². The zero-order valence-electron chi connectivity index (χ0n) is 12.5. The quantitative estimate of drug-likeness (QED) is 0.750. The van der Waals surface area contributed by atoms with Crippen molar-refractivity contribution in [2.45, 2.75) is 64.8 Å². The maximum atomic E-state index is 3.76. The van der Waals surface area contributed by atoms with Crippen LogP contribution in [0.5, 0.6) is 0 Å². The van der Waals surface area contributed by atoms with E-state index in [-0.39, 0.29) is 0 Å². The molecule has 0 spiro atoms. The minimum Gasteiger partial charge on any atom is -0.314 e. The molecule has 1 aliphatic rings. The van der Waals surface area contributed by atoms with Crippen molar-refractivity contribution in [3.8, 4) is 0 Å². The van der Waals surface area contributed by atoms with E-state index in [1.54, 1.807) is 0 Å². The Morgan fingerprint density at radius 1 is 1.37 bits per heavy atom. The molecule has 1 N–H and O–H groups in total. The predicted octanol–water partition coefficient (Wildman–Crippen LogP) is 4.88. The second-order valence-corrected chi connectivity index (χ2v) is 6.82. The van der Waals surface area contributed by atoms with E-state index in [4.69, 9.17) is 0 Å². The van der Waals surface area contributed by atoms with Gasteiger partial charge in [-0.2, -0.15) is 11.3 Å². The smallest absolute Gasteiger partial charge is 0.00984 e. The molecule has 1 aromatic heterocycles. The van der Waals surface area contributed by atoms with Gasteiger partial charge in [-0.3, -0.25) is 0 Å². The molecule has 108 valence electrons. The Kier molecular flexibility index (Phi) is 6.39. The van der Waals surface area contributed by atoms with E-state index in [9.17, 15) is 0 Å². The number of thiophene rings is 1. The summed E-state index contributed by atoms with van der Waals surface area (Å²) in [5.41, 5.74) is 1.52. The third-order valence-electron chi connectivity index (χ3n) is 4.76. The van der Waals surface area contributed by atoms with Gasteiger partial charge in [-0.25, -0.2) is 0 Å². The fourth-order valence-electron chi connectivity index (χ4n) is 3.59. The van der Waals surface area contributed by atoms with Crippen LogP contribution in [0.3, 0.4) is 0 Å². The van der Waals surface area contributed by atoms with E-state index in [2.05, 4.69) is 36.0 Å². The minimum absolute atomic E-state index is 0.735. The van der Waals surface area contributed by atoms with E-state index in [1.807, 2.05) is 11.3 Å². The van der Waals surface area contributed by atoms with Crippen LogP contribution in [0, 0.1) is 11.8 Å². The highest BCUT2D eigenvalue weighted by molar-refractivity contribution is 7.07. The Hall–Kier alpha value is -0.340. The molecule has 0 bridgehead atoms. The van der Waals surface area contributed by atoms with Crippen molar-refractivity contribution in [2.75, 3.05) is 6.54 Å². The molecule has 19 heavy (non-hydrogen) atoms. The van der Waals surface area contributed by atoms with Crippen LogP contribution in [0.4, 0.5) is 0 Å². The van der Waals surface area contributed by atoms with E-state index in [1.165, 1.54) is 50.5 Å². The van der Waals surface area contributed by atoms with E-state index in [0.29, 0.717) is 0 Å². The molecule has 1 saturated carbocycles. The van der Waals surface area contributed by atoms with Gasteiger partial charge >= 0.3 is 0 Å². The van der Waals surface area contributed by atoms with Crippen molar-refractivity contribution in [3.63, 3.8) is 0 Å². The van der Waals surface area contributed by atoms with Gasteiger partial charge in [-0.1, -0.05) is 33.1 Å². The lowest BCUT2D eigenvalue weighted by molar-refractivity contribution is 0.203. The van der Waals surface area contributed by atoms with E-state index < -0.39 is 0 Å². The Morgan fingerprint density at radius 3 is 2.95 bits per heavy atom. The van der Waals surface area contributed by atoms with E-state index >= 15 is 0 Å². The van der Waals surface area contributed by atoms with Gasteiger partial charge in [0.05, 0.1) is 0 Å². The topological polar surface area (TPSA) is 12.0 Å². The molecule has 0 saturated heterocycles. The second kappa shape index (κ2) is 8.06. The summed E-state index contributed by atoms with van der Waals surface area (Å²) in [7, 11) is 0. The minimum atomic E-state index is 0.735. The lowest BCUT2D eigenvalue weighted by Crippen LogP contribution is -2.39. The van der Waals surface area contributed by atoms with Crippen molar-refractivity contribution in [1.82, 2.24) is 5.32 Å². The van der Waals surface area contributed by atoms with Crippen LogP contribution >= 0.6 is 11.3 Å². The summed E-state index contributed by atoms with van der Waals surface area (Å²) >= 11 is 1.82. The summed E-state index contributed by atoms with van der Waals surface area (Å²) in [5, 5.41) is 8.27. The van der Waals surface area contributed by atoms with Gasteiger partial charge in [0.1, 0.15) is 0 Å². The van der Waals surface area contributed by atoms with Crippen molar-refractivity contribution >= 4 is 11.3 Å². The fourth-order valence-corrected chi connectivity index (χ4v) is 4.30. The molecular weight excluding hydrogens is 250 g/mol. The molecule has 1 aromatic rings. The van der Waals surface area contributed by atoms with Gasteiger partial charge in [-0.15, -0.1) is 0 Å². The Labute approximate surface area is 122 Å². The summed E-state index contributed by atoms with van der Waals surface area (Å²) in [6.45, 7) is 5.72. The van der Waals surface area contributed by atoms with Crippen LogP contribution in [0.25, 0.3) is 0 Å². The molecule has 2 rings (SSSR count). The second-order valence-electron chi connectivity index (χ2n) is 6.04. The van der Waals surface area contributed by atoms with Crippen LogP contribution in [-0.4, -0.2) is 12.6 Å². The van der Waals surface area contributed by atoms with Crippen LogP contribution in [0.1, 0.15) is 57.9 Å². The number of nitrogens with one attached hydrogen (secondary N) is 1. The number of hydrogen-bond donors (Lipinski definition) is 1. The predicted molar refractivity (Wildman–Crippen MR) is 85.8 cm³/mol. The molecule has 0 aliphatic heterocycles. The summed E-state index contributed by atoms with van der Waals surface area (Å²) in [4.78, 5) is 0.